The highest BCUT2D eigenvalue weighted by atomic mass is 16.4. The van der Waals surface area contributed by atoms with Gasteiger partial charge in [0.15, 0.2) is 0 Å². The standard InChI is InChI=1S/C12H24N2O2/c1-10(9-12(15)16)14-8-4-3-5-11(14)6-7-13-2/h10-11,13H,3-9H2,1-2H3,(H,15,16). The zero-order valence-corrected chi connectivity index (χ0v) is 10.4. The van der Waals surface area contributed by atoms with Crippen LogP contribution in [0.15, 0.2) is 0 Å². The van der Waals surface area contributed by atoms with Crippen LogP contribution in [-0.2, 0) is 4.79 Å². The van der Waals surface area contributed by atoms with Gasteiger partial charge in [-0.2, -0.15) is 0 Å². The minimum Gasteiger partial charge on any atom is -0.481 e. The molecule has 4 nitrogen and oxygen atoms in total. The molecule has 0 aromatic rings. The summed E-state index contributed by atoms with van der Waals surface area (Å²) in [6, 6.07) is 0.732. The molecule has 0 amide bonds. The number of nitrogens with one attached hydrogen (secondary N) is 1. The predicted octanol–water partition coefficient (Wildman–Crippen LogP) is 1.31. The fourth-order valence-electron chi connectivity index (χ4n) is 2.59. The van der Waals surface area contributed by atoms with E-state index < -0.39 is 5.97 Å². The first-order chi connectivity index (χ1) is 7.65. The highest BCUT2D eigenvalue weighted by Crippen LogP contribution is 2.22. The van der Waals surface area contributed by atoms with Gasteiger partial charge in [0.05, 0.1) is 6.42 Å². The molecule has 94 valence electrons. The van der Waals surface area contributed by atoms with E-state index in [2.05, 4.69) is 10.2 Å². The third-order valence-electron chi connectivity index (χ3n) is 3.44. The summed E-state index contributed by atoms with van der Waals surface area (Å²) in [6.45, 7) is 4.11. The second kappa shape index (κ2) is 6.86. The predicted molar refractivity (Wildman–Crippen MR) is 64.6 cm³/mol. The summed E-state index contributed by atoms with van der Waals surface area (Å²) < 4.78 is 0. The summed E-state index contributed by atoms with van der Waals surface area (Å²) in [5.74, 6) is -0.689. The van der Waals surface area contributed by atoms with Gasteiger partial charge < -0.3 is 10.4 Å². The molecular formula is C12H24N2O2. The van der Waals surface area contributed by atoms with Gasteiger partial charge >= 0.3 is 5.97 Å². The van der Waals surface area contributed by atoms with Crippen molar-refractivity contribution in [2.45, 2.75) is 51.1 Å². The maximum atomic E-state index is 10.7. The lowest BCUT2D eigenvalue weighted by Crippen LogP contribution is -2.46. The number of rotatable bonds is 6. The SMILES string of the molecule is CNCCC1CCCCN1C(C)CC(=O)O. The molecule has 0 aromatic carbocycles. The molecule has 1 heterocycles. The first-order valence-electron chi connectivity index (χ1n) is 6.27. The van der Waals surface area contributed by atoms with Crippen molar-refractivity contribution in [3.05, 3.63) is 0 Å². The lowest BCUT2D eigenvalue weighted by Gasteiger charge is -2.39. The van der Waals surface area contributed by atoms with Crippen LogP contribution in [0.3, 0.4) is 0 Å². The fourth-order valence-corrected chi connectivity index (χ4v) is 2.59. The van der Waals surface area contributed by atoms with Gasteiger partial charge in [0.25, 0.3) is 0 Å². The van der Waals surface area contributed by atoms with Crippen LogP contribution in [0.5, 0.6) is 0 Å². The maximum Gasteiger partial charge on any atom is 0.304 e. The highest BCUT2D eigenvalue weighted by Gasteiger charge is 2.26. The number of carboxylic acids is 1. The van der Waals surface area contributed by atoms with E-state index in [0.717, 1.165) is 19.5 Å². The third-order valence-corrected chi connectivity index (χ3v) is 3.44. The van der Waals surface area contributed by atoms with Crippen molar-refractivity contribution in [3.8, 4) is 0 Å². The van der Waals surface area contributed by atoms with Crippen LogP contribution in [0.4, 0.5) is 0 Å². The summed E-state index contributed by atoms with van der Waals surface area (Å²) in [4.78, 5) is 13.1. The Morgan fingerprint density at radius 2 is 2.31 bits per heavy atom. The first kappa shape index (κ1) is 13.5. The van der Waals surface area contributed by atoms with Gasteiger partial charge in [-0.15, -0.1) is 0 Å². The van der Waals surface area contributed by atoms with E-state index in [1.807, 2.05) is 14.0 Å². The van der Waals surface area contributed by atoms with Crippen molar-refractivity contribution in [1.29, 1.82) is 0 Å². The smallest absolute Gasteiger partial charge is 0.304 e. The molecule has 0 aromatic heterocycles. The lowest BCUT2D eigenvalue weighted by atomic mass is 9.96. The van der Waals surface area contributed by atoms with Gasteiger partial charge in [-0.3, -0.25) is 9.69 Å². The Morgan fingerprint density at radius 3 is 2.94 bits per heavy atom. The number of hydrogen-bond acceptors (Lipinski definition) is 3. The van der Waals surface area contributed by atoms with E-state index in [9.17, 15) is 4.79 Å². The van der Waals surface area contributed by atoms with Gasteiger partial charge in [-0.1, -0.05) is 6.42 Å². The number of hydrogen-bond donors (Lipinski definition) is 2. The molecule has 0 saturated carbocycles. The second-order valence-electron chi connectivity index (χ2n) is 4.73. The van der Waals surface area contributed by atoms with Crippen molar-refractivity contribution in [2.24, 2.45) is 0 Å². The summed E-state index contributed by atoms with van der Waals surface area (Å²) in [7, 11) is 1.97. The minimum atomic E-state index is -0.689. The molecule has 0 bridgehead atoms. The van der Waals surface area contributed by atoms with Crippen molar-refractivity contribution >= 4 is 5.97 Å². The van der Waals surface area contributed by atoms with Crippen LogP contribution in [0.2, 0.25) is 0 Å². The van der Waals surface area contributed by atoms with Crippen LogP contribution in [0, 0.1) is 0 Å². The molecule has 2 atom stereocenters. The molecule has 1 aliphatic rings. The van der Waals surface area contributed by atoms with E-state index in [0.29, 0.717) is 6.04 Å². The van der Waals surface area contributed by atoms with Crippen molar-refractivity contribution in [2.75, 3.05) is 20.1 Å². The van der Waals surface area contributed by atoms with Gasteiger partial charge in [0.2, 0.25) is 0 Å². The Bertz CT molecular complexity index is 221. The van der Waals surface area contributed by atoms with Crippen molar-refractivity contribution < 1.29 is 9.90 Å². The quantitative estimate of drug-likeness (QED) is 0.720. The molecule has 0 radical (unpaired) electrons. The number of likely N-dealkylation sites (tertiary alicyclic amines) is 1. The van der Waals surface area contributed by atoms with Crippen LogP contribution >= 0.6 is 0 Å². The Morgan fingerprint density at radius 1 is 1.56 bits per heavy atom. The third kappa shape index (κ3) is 4.10. The molecule has 1 rings (SSSR count). The minimum absolute atomic E-state index is 0.166. The molecule has 1 saturated heterocycles. The zero-order valence-electron chi connectivity index (χ0n) is 10.4. The molecule has 0 aliphatic carbocycles. The Labute approximate surface area is 98.0 Å². The lowest BCUT2D eigenvalue weighted by molar-refractivity contribution is -0.138. The average molecular weight is 228 g/mol. The summed E-state index contributed by atoms with van der Waals surface area (Å²) in [5.41, 5.74) is 0. The van der Waals surface area contributed by atoms with E-state index in [4.69, 9.17) is 5.11 Å². The molecular weight excluding hydrogens is 204 g/mol. The van der Waals surface area contributed by atoms with Crippen LogP contribution in [0.25, 0.3) is 0 Å². The maximum absolute atomic E-state index is 10.7. The molecule has 16 heavy (non-hydrogen) atoms. The van der Waals surface area contributed by atoms with Gasteiger partial charge in [0.1, 0.15) is 0 Å². The van der Waals surface area contributed by atoms with E-state index in [-0.39, 0.29) is 12.5 Å². The van der Waals surface area contributed by atoms with Crippen LogP contribution in [-0.4, -0.2) is 48.2 Å². The summed E-state index contributed by atoms with van der Waals surface area (Å²) >= 11 is 0. The fraction of sp³-hybridized carbons (Fsp3) is 0.917. The normalized spacial score (nSPS) is 24.2. The average Bonchev–Trinajstić information content (AvgIpc) is 2.25. The molecule has 0 spiro atoms. The van der Waals surface area contributed by atoms with Gasteiger partial charge in [-0.05, 0) is 46.3 Å². The number of aliphatic carboxylic acids is 1. The topological polar surface area (TPSA) is 52.6 Å². The monoisotopic (exact) mass is 228 g/mol. The molecule has 4 heteroatoms. The number of nitrogens with zero attached hydrogens (tertiary/aromatic N) is 1. The summed E-state index contributed by atoms with van der Waals surface area (Å²) in [5, 5.41) is 12.0. The second-order valence-corrected chi connectivity index (χ2v) is 4.73. The zero-order chi connectivity index (χ0) is 12.0. The summed E-state index contributed by atoms with van der Waals surface area (Å²) in [6.07, 6.45) is 5.09. The van der Waals surface area contributed by atoms with Crippen LogP contribution < -0.4 is 5.32 Å². The van der Waals surface area contributed by atoms with Gasteiger partial charge in [0, 0.05) is 12.1 Å². The molecule has 2 unspecified atom stereocenters. The number of carbonyl (C=O) groups is 1. The van der Waals surface area contributed by atoms with Crippen molar-refractivity contribution in [3.63, 3.8) is 0 Å². The van der Waals surface area contributed by atoms with E-state index in [1.54, 1.807) is 0 Å². The highest BCUT2D eigenvalue weighted by molar-refractivity contribution is 5.67. The van der Waals surface area contributed by atoms with Gasteiger partial charge in [-0.25, -0.2) is 0 Å². The van der Waals surface area contributed by atoms with Crippen molar-refractivity contribution in [1.82, 2.24) is 10.2 Å². The van der Waals surface area contributed by atoms with E-state index in [1.165, 1.54) is 19.3 Å². The Hall–Kier alpha value is -0.610. The molecule has 1 fully saturated rings. The number of piperidine rings is 1. The van der Waals surface area contributed by atoms with E-state index >= 15 is 0 Å². The largest absolute Gasteiger partial charge is 0.481 e. The molecule has 1 aliphatic heterocycles. The van der Waals surface area contributed by atoms with Crippen LogP contribution in [0.1, 0.15) is 39.0 Å². The Kier molecular flexibility index (Phi) is 5.77. The first-order valence-corrected chi connectivity index (χ1v) is 6.27. The number of carboxylic acid groups (broad SMARTS) is 1. The Balaban J connectivity index is 2.48. The molecule has 2 N–H and O–H groups in total.